The molecule has 3 aromatic carbocycles. The molecule has 2 aliphatic rings. The molecule has 0 saturated carbocycles. The number of hydrogen-bond acceptors (Lipinski definition) is 2. The van der Waals surface area contributed by atoms with Crippen LogP contribution in [-0.2, 0) is 12.8 Å². The van der Waals surface area contributed by atoms with Crippen LogP contribution in [0.2, 0.25) is 0 Å². The Hall–Kier alpha value is -5.35. The highest BCUT2D eigenvalue weighted by molar-refractivity contribution is 6.09. The molecule has 282 valence electrons. The number of nitrogens with zero attached hydrogens (tertiary/aromatic N) is 3. The Morgan fingerprint density at radius 3 is 2.25 bits per heavy atom. The summed E-state index contributed by atoms with van der Waals surface area (Å²) in [6.07, 6.45) is 8.50. The first-order valence-corrected chi connectivity index (χ1v) is 20.8. The molecule has 0 spiro atoms. The molecular formula is C52H55N3O+2. The molecule has 0 N–H and O–H groups in total. The average molecular weight is 738 g/mol. The number of allylic oxidation sites excluding steroid dienone is 1. The minimum absolute atomic E-state index is 0.271. The summed E-state index contributed by atoms with van der Waals surface area (Å²) >= 11 is 0. The lowest BCUT2D eigenvalue weighted by molar-refractivity contribution is -0.719. The van der Waals surface area contributed by atoms with Crippen molar-refractivity contribution in [2.45, 2.75) is 112 Å². The van der Waals surface area contributed by atoms with E-state index in [1.54, 1.807) is 0 Å². The third kappa shape index (κ3) is 5.75. The lowest BCUT2D eigenvalue weighted by Crippen LogP contribution is -2.49. The minimum Gasteiger partial charge on any atom is -0.437 e. The summed E-state index contributed by atoms with van der Waals surface area (Å²) in [5.41, 5.74) is 21.9. The van der Waals surface area contributed by atoms with Crippen LogP contribution in [0.5, 0.6) is 0 Å². The second-order valence-corrected chi connectivity index (χ2v) is 17.3. The van der Waals surface area contributed by atoms with Crippen LogP contribution in [0.4, 0.5) is 0 Å². The van der Waals surface area contributed by atoms with E-state index in [1.807, 2.05) is 0 Å². The van der Waals surface area contributed by atoms with Crippen LogP contribution in [0.25, 0.3) is 61.5 Å². The van der Waals surface area contributed by atoms with E-state index in [9.17, 15) is 0 Å². The Morgan fingerprint density at radius 2 is 1.52 bits per heavy atom. The second-order valence-electron chi connectivity index (χ2n) is 17.3. The SMILES string of the molecule is C=C1CC2c3cc(C)ccc3-c3cc(C)c(C)c[n+]3C2CCc2ccc3c(oc4nc(-c5c(C(C)C)cccc5C(C)C)ccc43)c2-c2cc(C)c(CC)c[n+]21. The van der Waals surface area contributed by atoms with Crippen molar-refractivity contribution in [2.75, 3.05) is 0 Å². The van der Waals surface area contributed by atoms with Crippen molar-refractivity contribution in [1.29, 1.82) is 0 Å². The lowest BCUT2D eigenvalue weighted by Gasteiger charge is -2.32. The summed E-state index contributed by atoms with van der Waals surface area (Å²) < 4.78 is 12.1. The van der Waals surface area contributed by atoms with Crippen molar-refractivity contribution in [3.63, 3.8) is 0 Å². The van der Waals surface area contributed by atoms with Crippen LogP contribution < -0.4 is 9.13 Å². The number of hydrogen-bond donors (Lipinski definition) is 0. The van der Waals surface area contributed by atoms with E-state index < -0.39 is 0 Å². The monoisotopic (exact) mass is 737 g/mol. The third-order valence-corrected chi connectivity index (χ3v) is 13.1. The largest absolute Gasteiger partial charge is 0.437 e. The zero-order valence-electron chi connectivity index (χ0n) is 34.7. The normalized spacial score (nSPS) is 16.5. The summed E-state index contributed by atoms with van der Waals surface area (Å²) in [5, 5.41) is 2.16. The quantitative estimate of drug-likeness (QED) is 0.169. The molecule has 2 unspecified atom stereocenters. The predicted octanol–water partition coefficient (Wildman–Crippen LogP) is 12.7. The summed E-state index contributed by atoms with van der Waals surface area (Å²) in [5.74, 6) is 1.04. The fourth-order valence-electron chi connectivity index (χ4n) is 9.89. The highest BCUT2D eigenvalue weighted by Crippen LogP contribution is 2.47. The van der Waals surface area contributed by atoms with Gasteiger partial charge in [0.2, 0.25) is 17.1 Å². The van der Waals surface area contributed by atoms with Gasteiger partial charge in [0.15, 0.2) is 29.7 Å². The fraction of sp³-hybridized carbons (Fsp3) is 0.327. The summed E-state index contributed by atoms with van der Waals surface area (Å²) in [6.45, 7) is 25.2. The van der Waals surface area contributed by atoms with Crippen LogP contribution in [0, 0.1) is 27.7 Å². The van der Waals surface area contributed by atoms with E-state index >= 15 is 0 Å². The van der Waals surface area contributed by atoms with E-state index in [4.69, 9.17) is 16.0 Å². The topological polar surface area (TPSA) is 33.8 Å². The Labute approximate surface area is 332 Å². The van der Waals surface area contributed by atoms with Gasteiger partial charge in [0.1, 0.15) is 0 Å². The first kappa shape index (κ1) is 36.3. The van der Waals surface area contributed by atoms with Crippen LogP contribution in [0.15, 0.2) is 96.2 Å². The Balaban J connectivity index is 1.28. The first-order valence-electron chi connectivity index (χ1n) is 20.8. The number of aryl methyl sites for hydroxylation is 6. The van der Waals surface area contributed by atoms with Gasteiger partial charge in [0.25, 0.3) is 0 Å². The van der Waals surface area contributed by atoms with Gasteiger partial charge in [0.05, 0.1) is 17.2 Å². The van der Waals surface area contributed by atoms with E-state index in [0.717, 1.165) is 64.7 Å². The smallest absolute Gasteiger partial charge is 0.227 e. The molecular weight excluding hydrogens is 683 g/mol. The van der Waals surface area contributed by atoms with Gasteiger partial charge in [0, 0.05) is 58.0 Å². The van der Waals surface area contributed by atoms with Gasteiger partial charge in [-0.3, -0.25) is 0 Å². The molecule has 2 atom stereocenters. The van der Waals surface area contributed by atoms with Crippen molar-refractivity contribution in [3.8, 4) is 33.8 Å². The molecule has 7 aromatic rings. The molecule has 0 bridgehead atoms. The fourth-order valence-corrected chi connectivity index (χ4v) is 9.89. The molecule has 0 radical (unpaired) electrons. The molecule has 2 aliphatic heterocycles. The average Bonchev–Trinajstić information content (AvgIpc) is 3.55. The van der Waals surface area contributed by atoms with E-state index in [0.29, 0.717) is 17.5 Å². The van der Waals surface area contributed by atoms with Crippen LogP contribution in [0.3, 0.4) is 0 Å². The van der Waals surface area contributed by atoms with Crippen molar-refractivity contribution in [3.05, 3.63) is 142 Å². The molecule has 56 heavy (non-hydrogen) atoms. The lowest BCUT2D eigenvalue weighted by atomic mass is 9.77. The van der Waals surface area contributed by atoms with Crippen LogP contribution >= 0.6 is 0 Å². The number of aromatic nitrogens is 3. The van der Waals surface area contributed by atoms with E-state index in [2.05, 4.69) is 157 Å². The highest BCUT2D eigenvalue weighted by Gasteiger charge is 2.43. The number of furan rings is 1. The highest BCUT2D eigenvalue weighted by atomic mass is 16.3. The minimum atomic E-state index is 0.271. The number of pyridine rings is 3. The Bertz CT molecular complexity index is 2720. The zero-order valence-corrected chi connectivity index (χ0v) is 34.7. The van der Waals surface area contributed by atoms with Crippen molar-refractivity contribution < 1.29 is 13.6 Å². The van der Waals surface area contributed by atoms with Gasteiger partial charge in [-0.25, -0.2) is 4.98 Å². The van der Waals surface area contributed by atoms with Gasteiger partial charge in [-0.2, -0.15) is 9.13 Å². The predicted molar refractivity (Wildman–Crippen MR) is 231 cm³/mol. The molecule has 4 nitrogen and oxygen atoms in total. The van der Waals surface area contributed by atoms with Gasteiger partial charge < -0.3 is 4.42 Å². The van der Waals surface area contributed by atoms with Crippen LogP contribution in [0.1, 0.15) is 121 Å². The number of fused-ring (bicyclic) bond motifs is 13. The van der Waals surface area contributed by atoms with Crippen molar-refractivity contribution in [1.82, 2.24) is 4.98 Å². The van der Waals surface area contributed by atoms with Gasteiger partial charge in [-0.15, -0.1) is 0 Å². The molecule has 0 fully saturated rings. The molecule has 4 aromatic heterocycles. The van der Waals surface area contributed by atoms with Gasteiger partial charge in [-0.1, -0.05) is 82.6 Å². The number of benzene rings is 3. The van der Waals surface area contributed by atoms with Crippen LogP contribution in [-0.4, -0.2) is 4.98 Å². The van der Waals surface area contributed by atoms with E-state index in [1.165, 1.54) is 66.9 Å². The second kappa shape index (κ2) is 13.7. The molecule has 0 amide bonds. The Morgan fingerprint density at radius 1 is 0.786 bits per heavy atom. The number of rotatable bonds is 4. The molecule has 9 rings (SSSR count). The maximum absolute atomic E-state index is 7.06. The summed E-state index contributed by atoms with van der Waals surface area (Å²) in [4.78, 5) is 5.34. The maximum atomic E-state index is 7.06. The van der Waals surface area contributed by atoms with E-state index in [-0.39, 0.29) is 12.0 Å². The first-order chi connectivity index (χ1) is 26.9. The van der Waals surface area contributed by atoms with Crippen molar-refractivity contribution in [2.24, 2.45) is 0 Å². The standard InChI is InChI=1S/C52H55N3O/c1-11-36-28-54-35(10)26-44-43-23-31(6)15-18-40(43)47-24-32(7)34(9)27-55(47)46(44)22-17-37-16-19-41-42-20-21-45(50-38(29(2)3)13-12-14-39(50)30(4)5)53-52(42)56-51(41)49(37)48(54)25-33(36)8/h12-16,18-21,23-25,27-30,44,46H,10-11,17,22,26H2,1-9H3/q+2. The van der Waals surface area contributed by atoms with Gasteiger partial charge >= 0.3 is 0 Å². The van der Waals surface area contributed by atoms with Gasteiger partial charge in [-0.05, 0) is 111 Å². The molecule has 4 heteroatoms. The maximum Gasteiger partial charge on any atom is 0.227 e. The third-order valence-electron chi connectivity index (χ3n) is 13.1. The molecule has 0 saturated heterocycles. The Kier molecular flexibility index (Phi) is 8.87. The molecule has 6 heterocycles. The molecule has 0 aliphatic carbocycles. The van der Waals surface area contributed by atoms with Crippen molar-refractivity contribution >= 4 is 27.8 Å². The zero-order chi connectivity index (χ0) is 39.2. The summed E-state index contributed by atoms with van der Waals surface area (Å²) in [6, 6.07) is 27.9. The summed E-state index contributed by atoms with van der Waals surface area (Å²) in [7, 11) is 0.